The molecule has 0 saturated carbocycles. The van der Waals surface area contributed by atoms with E-state index in [4.69, 9.17) is 4.74 Å². The van der Waals surface area contributed by atoms with Crippen molar-refractivity contribution in [2.45, 2.75) is 52.2 Å². The van der Waals surface area contributed by atoms with Gasteiger partial charge in [-0.15, -0.1) is 0 Å². The molecule has 0 spiro atoms. The molecular weight excluding hydrogens is 252 g/mol. The lowest BCUT2D eigenvalue weighted by atomic mass is 10.0. The van der Waals surface area contributed by atoms with E-state index in [9.17, 15) is 4.79 Å². The van der Waals surface area contributed by atoms with Crippen molar-refractivity contribution in [1.82, 2.24) is 5.32 Å². The first-order valence-electron chi connectivity index (χ1n) is 7.46. The summed E-state index contributed by atoms with van der Waals surface area (Å²) in [6, 6.07) is 6.27. The summed E-state index contributed by atoms with van der Waals surface area (Å²) in [4.78, 5) is 11.3. The molecule has 0 fully saturated rings. The van der Waals surface area contributed by atoms with Crippen molar-refractivity contribution < 1.29 is 9.53 Å². The summed E-state index contributed by atoms with van der Waals surface area (Å²) >= 11 is 0. The van der Waals surface area contributed by atoms with Crippen LogP contribution in [0.25, 0.3) is 0 Å². The monoisotopic (exact) mass is 276 g/mol. The van der Waals surface area contributed by atoms with E-state index >= 15 is 0 Å². The quantitative estimate of drug-likeness (QED) is 0.840. The maximum absolute atomic E-state index is 11.3. The minimum absolute atomic E-state index is 0.0951. The number of benzene rings is 1. The third kappa shape index (κ3) is 3.51. The second-order valence-corrected chi connectivity index (χ2v) is 5.26. The van der Waals surface area contributed by atoms with Gasteiger partial charge < -0.3 is 15.4 Å². The summed E-state index contributed by atoms with van der Waals surface area (Å²) in [5.41, 5.74) is 2.07. The Morgan fingerprint density at radius 2 is 2.15 bits per heavy atom. The predicted molar refractivity (Wildman–Crippen MR) is 81.2 cm³/mol. The standard InChI is InChI=1S/C16H24N2O2/c1-4-14(17-5-2)11(3)20-13-7-8-15-12(10-13)6-9-16(19)18-15/h7-8,10-11,14,17H,4-6,9H2,1-3H3,(H,18,19). The predicted octanol–water partition coefficient (Wildman–Crippen LogP) is 2.73. The van der Waals surface area contributed by atoms with Gasteiger partial charge in [-0.1, -0.05) is 13.8 Å². The number of nitrogens with one attached hydrogen (secondary N) is 2. The Kier molecular flexibility index (Phi) is 5.01. The molecule has 20 heavy (non-hydrogen) atoms. The van der Waals surface area contributed by atoms with E-state index in [-0.39, 0.29) is 12.0 Å². The molecule has 2 atom stereocenters. The molecule has 0 aromatic heterocycles. The van der Waals surface area contributed by atoms with Crippen LogP contribution in [0.1, 0.15) is 39.2 Å². The van der Waals surface area contributed by atoms with Crippen molar-refractivity contribution in [2.75, 3.05) is 11.9 Å². The molecular formula is C16H24N2O2. The Labute approximate surface area is 120 Å². The summed E-state index contributed by atoms with van der Waals surface area (Å²) in [5.74, 6) is 0.974. The van der Waals surface area contributed by atoms with E-state index in [0.717, 1.165) is 36.4 Å². The molecule has 0 bridgehead atoms. The van der Waals surface area contributed by atoms with Crippen LogP contribution in [-0.4, -0.2) is 24.6 Å². The Balaban J connectivity index is 2.05. The fraction of sp³-hybridized carbons (Fsp3) is 0.562. The van der Waals surface area contributed by atoms with Crippen LogP contribution < -0.4 is 15.4 Å². The lowest BCUT2D eigenvalue weighted by molar-refractivity contribution is -0.116. The number of hydrogen-bond acceptors (Lipinski definition) is 3. The highest BCUT2D eigenvalue weighted by atomic mass is 16.5. The number of carbonyl (C=O) groups is 1. The van der Waals surface area contributed by atoms with Crippen LogP contribution in [0.5, 0.6) is 5.75 Å². The van der Waals surface area contributed by atoms with Crippen LogP contribution in [0.2, 0.25) is 0 Å². The summed E-state index contributed by atoms with van der Waals surface area (Å²) in [7, 11) is 0. The summed E-state index contributed by atoms with van der Waals surface area (Å²) in [6.45, 7) is 7.31. The molecule has 1 aliphatic rings. The van der Waals surface area contributed by atoms with Crippen LogP contribution in [0.3, 0.4) is 0 Å². The van der Waals surface area contributed by atoms with Crippen molar-refractivity contribution in [2.24, 2.45) is 0 Å². The molecule has 1 amide bonds. The average molecular weight is 276 g/mol. The van der Waals surface area contributed by atoms with Crippen molar-refractivity contribution >= 4 is 11.6 Å². The number of likely N-dealkylation sites (N-methyl/N-ethyl adjacent to an activating group) is 1. The van der Waals surface area contributed by atoms with Crippen LogP contribution >= 0.6 is 0 Å². The third-order valence-electron chi connectivity index (χ3n) is 3.77. The zero-order valence-corrected chi connectivity index (χ0v) is 12.5. The SMILES string of the molecule is CCNC(CC)C(C)Oc1ccc2c(c1)CCC(=O)N2. The molecule has 110 valence electrons. The van der Waals surface area contributed by atoms with Crippen molar-refractivity contribution in [3.8, 4) is 5.75 Å². The van der Waals surface area contributed by atoms with Gasteiger partial charge in [0.2, 0.25) is 5.91 Å². The smallest absolute Gasteiger partial charge is 0.224 e. The summed E-state index contributed by atoms with van der Waals surface area (Å²) < 4.78 is 6.04. The van der Waals surface area contributed by atoms with Gasteiger partial charge in [-0.05, 0) is 50.1 Å². The molecule has 2 rings (SSSR count). The van der Waals surface area contributed by atoms with Crippen molar-refractivity contribution in [3.05, 3.63) is 23.8 Å². The molecule has 2 unspecified atom stereocenters. The van der Waals surface area contributed by atoms with Gasteiger partial charge in [0.15, 0.2) is 0 Å². The Morgan fingerprint density at radius 3 is 2.85 bits per heavy atom. The highest BCUT2D eigenvalue weighted by Crippen LogP contribution is 2.27. The maximum atomic E-state index is 11.3. The molecule has 4 heteroatoms. The normalized spacial score (nSPS) is 17.1. The van der Waals surface area contributed by atoms with Crippen LogP contribution in [0.15, 0.2) is 18.2 Å². The van der Waals surface area contributed by atoms with Gasteiger partial charge in [0.1, 0.15) is 11.9 Å². The minimum Gasteiger partial charge on any atom is -0.489 e. The van der Waals surface area contributed by atoms with Gasteiger partial charge >= 0.3 is 0 Å². The number of carbonyl (C=O) groups excluding carboxylic acids is 1. The number of fused-ring (bicyclic) bond motifs is 1. The molecule has 1 aromatic carbocycles. The van der Waals surface area contributed by atoms with Crippen molar-refractivity contribution in [3.63, 3.8) is 0 Å². The molecule has 0 radical (unpaired) electrons. The Hall–Kier alpha value is -1.55. The van der Waals surface area contributed by atoms with Crippen LogP contribution in [0, 0.1) is 0 Å². The highest BCUT2D eigenvalue weighted by Gasteiger charge is 2.18. The van der Waals surface area contributed by atoms with E-state index in [0.29, 0.717) is 12.5 Å². The molecule has 0 aliphatic carbocycles. The first-order valence-corrected chi connectivity index (χ1v) is 7.46. The highest BCUT2D eigenvalue weighted by molar-refractivity contribution is 5.93. The van der Waals surface area contributed by atoms with E-state index in [1.165, 1.54) is 0 Å². The second-order valence-electron chi connectivity index (χ2n) is 5.26. The third-order valence-corrected chi connectivity index (χ3v) is 3.77. The first-order chi connectivity index (χ1) is 9.63. The Morgan fingerprint density at radius 1 is 1.35 bits per heavy atom. The molecule has 1 aromatic rings. The largest absolute Gasteiger partial charge is 0.489 e. The lowest BCUT2D eigenvalue weighted by Gasteiger charge is -2.25. The van der Waals surface area contributed by atoms with E-state index in [1.54, 1.807) is 0 Å². The van der Waals surface area contributed by atoms with Crippen LogP contribution in [-0.2, 0) is 11.2 Å². The van der Waals surface area contributed by atoms with E-state index in [1.807, 2.05) is 18.2 Å². The van der Waals surface area contributed by atoms with Gasteiger partial charge in [0.25, 0.3) is 0 Å². The molecule has 1 aliphatic heterocycles. The molecule has 4 nitrogen and oxygen atoms in total. The van der Waals surface area contributed by atoms with Gasteiger partial charge in [-0.2, -0.15) is 0 Å². The van der Waals surface area contributed by atoms with Gasteiger partial charge in [-0.3, -0.25) is 4.79 Å². The number of anilines is 1. The summed E-state index contributed by atoms with van der Waals surface area (Å²) in [6.07, 6.45) is 2.50. The number of ether oxygens (including phenoxy) is 1. The summed E-state index contributed by atoms with van der Waals surface area (Å²) in [5, 5.41) is 6.33. The van der Waals surface area contributed by atoms with Gasteiger partial charge in [-0.25, -0.2) is 0 Å². The van der Waals surface area contributed by atoms with Gasteiger partial charge in [0.05, 0.1) is 0 Å². The zero-order chi connectivity index (χ0) is 14.5. The number of rotatable bonds is 6. The second kappa shape index (κ2) is 6.75. The zero-order valence-electron chi connectivity index (χ0n) is 12.5. The Bertz CT molecular complexity index is 474. The maximum Gasteiger partial charge on any atom is 0.224 e. The lowest BCUT2D eigenvalue weighted by Crippen LogP contribution is -2.40. The molecule has 1 heterocycles. The minimum atomic E-state index is 0.0951. The first kappa shape index (κ1) is 14.9. The number of amides is 1. The van der Waals surface area contributed by atoms with Gasteiger partial charge in [0, 0.05) is 18.2 Å². The fourth-order valence-electron chi connectivity index (χ4n) is 2.63. The molecule has 2 N–H and O–H groups in total. The number of aryl methyl sites for hydroxylation is 1. The molecule has 0 saturated heterocycles. The van der Waals surface area contributed by atoms with Crippen molar-refractivity contribution in [1.29, 1.82) is 0 Å². The van der Waals surface area contributed by atoms with E-state index < -0.39 is 0 Å². The fourth-order valence-corrected chi connectivity index (χ4v) is 2.63. The number of hydrogen-bond donors (Lipinski definition) is 2. The van der Waals surface area contributed by atoms with E-state index in [2.05, 4.69) is 31.4 Å². The average Bonchev–Trinajstić information content (AvgIpc) is 2.44. The topological polar surface area (TPSA) is 50.4 Å². The van der Waals surface area contributed by atoms with Crippen LogP contribution in [0.4, 0.5) is 5.69 Å².